The highest BCUT2D eigenvalue weighted by Gasteiger charge is 2.31. The van der Waals surface area contributed by atoms with E-state index in [-0.39, 0.29) is 0 Å². The lowest BCUT2D eigenvalue weighted by Gasteiger charge is -2.40. The number of benzene rings is 1. The van der Waals surface area contributed by atoms with Crippen molar-refractivity contribution in [3.63, 3.8) is 0 Å². The largest absolute Gasteiger partial charge is 0.361 e. The molecule has 1 aliphatic heterocycles. The van der Waals surface area contributed by atoms with Crippen LogP contribution in [0.4, 0.5) is 0 Å². The van der Waals surface area contributed by atoms with Gasteiger partial charge in [0, 0.05) is 73.3 Å². The Labute approximate surface area is 176 Å². The van der Waals surface area contributed by atoms with Crippen LogP contribution < -0.4 is 5.32 Å². The second-order valence-corrected chi connectivity index (χ2v) is 7.96. The molecule has 2 unspecified atom stereocenters. The highest BCUT2D eigenvalue weighted by Crippen LogP contribution is 2.34. The van der Waals surface area contributed by atoms with E-state index >= 15 is 0 Å². The van der Waals surface area contributed by atoms with Crippen LogP contribution in [0.25, 0.3) is 16.6 Å². The predicted molar refractivity (Wildman–Crippen MR) is 118 cm³/mol. The van der Waals surface area contributed by atoms with Crippen molar-refractivity contribution < 1.29 is 0 Å². The summed E-state index contributed by atoms with van der Waals surface area (Å²) in [5.41, 5.74) is 4.90. The molecule has 4 aromatic rings. The van der Waals surface area contributed by atoms with Gasteiger partial charge in [-0.3, -0.25) is 14.5 Å². The SMILES string of the molecule is CCC(c1c[nH]c2ccc(-n3cnnc3)cc12)C1CNCCN1Cc1cccnc1. The molecule has 2 atom stereocenters. The minimum atomic E-state index is 0.430. The fourth-order valence-corrected chi connectivity index (χ4v) is 4.72. The van der Waals surface area contributed by atoms with Crippen molar-refractivity contribution >= 4 is 10.9 Å². The normalized spacial score (nSPS) is 18.6. The van der Waals surface area contributed by atoms with E-state index in [2.05, 4.69) is 67.8 Å². The quantitative estimate of drug-likeness (QED) is 0.519. The zero-order chi connectivity index (χ0) is 20.3. The van der Waals surface area contributed by atoms with E-state index in [0.717, 1.165) is 38.3 Å². The number of nitrogens with zero attached hydrogens (tertiary/aromatic N) is 5. The van der Waals surface area contributed by atoms with Gasteiger partial charge in [-0.1, -0.05) is 13.0 Å². The molecule has 2 N–H and O–H groups in total. The van der Waals surface area contributed by atoms with Crippen molar-refractivity contribution in [3.05, 3.63) is 72.7 Å². The second-order valence-electron chi connectivity index (χ2n) is 7.96. The summed E-state index contributed by atoms with van der Waals surface area (Å²) in [6.45, 7) is 6.30. The highest BCUT2D eigenvalue weighted by atomic mass is 15.2. The smallest absolute Gasteiger partial charge is 0.123 e. The maximum Gasteiger partial charge on any atom is 0.123 e. The molecule has 5 rings (SSSR count). The Morgan fingerprint density at radius 1 is 1.20 bits per heavy atom. The van der Waals surface area contributed by atoms with E-state index in [1.165, 1.54) is 22.0 Å². The average molecular weight is 402 g/mol. The number of nitrogens with one attached hydrogen (secondary N) is 2. The van der Waals surface area contributed by atoms with Gasteiger partial charge in [0.1, 0.15) is 12.7 Å². The molecule has 1 saturated heterocycles. The van der Waals surface area contributed by atoms with Crippen LogP contribution >= 0.6 is 0 Å². The monoisotopic (exact) mass is 401 g/mol. The summed E-state index contributed by atoms with van der Waals surface area (Å²) in [7, 11) is 0. The Hall–Kier alpha value is -3.03. The van der Waals surface area contributed by atoms with E-state index in [1.807, 2.05) is 23.0 Å². The van der Waals surface area contributed by atoms with Gasteiger partial charge in [-0.25, -0.2) is 0 Å². The lowest BCUT2D eigenvalue weighted by Crippen LogP contribution is -2.53. The first-order chi connectivity index (χ1) is 14.8. The van der Waals surface area contributed by atoms with Gasteiger partial charge in [-0.2, -0.15) is 0 Å². The molecule has 0 bridgehead atoms. The maximum atomic E-state index is 4.31. The number of aromatic nitrogens is 5. The van der Waals surface area contributed by atoms with E-state index < -0.39 is 0 Å². The maximum absolute atomic E-state index is 4.31. The van der Waals surface area contributed by atoms with Crippen LogP contribution in [0.15, 0.2) is 61.6 Å². The first-order valence-electron chi connectivity index (χ1n) is 10.6. The lowest BCUT2D eigenvalue weighted by atomic mass is 9.86. The van der Waals surface area contributed by atoms with Crippen molar-refractivity contribution in [2.45, 2.75) is 31.8 Å². The van der Waals surface area contributed by atoms with E-state index in [0.29, 0.717) is 12.0 Å². The van der Waals surface area contributed by atoms with Crippen LogP contribution in [0.5, 0.6) is 0 Å². The zero-order valence-electron chi connectivity index (χ0n) is 17.2. The number of H-pyrrole nitrogens is 1. The number of hydrogen-bond donors (Lipinski definition) is 2. The molecule has 154 valence electrons. The van der Waals surface area contributed by atoms with Crippen LogP contribution in [-0.4, -0.2) is 55.3 Å². The third kappa shape index (κ3) is 3.62. The van der Waals surface area contributed by atoms with Crippen LogP contribution in [0.2, 0.25) is 0 Å². The van der Waals surface area contributed by atoms with Crippen LogP contribution in [0.3, 0.4) is 0 Å². The fourth-order valence-electron chi connectivity index (χ4n) is 4.72. The summed E-state index contributed by atoms with van der Waals surface area (Å²) in [4.78, 5) is 10.4. The molecule has 0 spiro atoms. The van der Waals surface area contributed by atoms with Crippen molar-refractivity contribution in [2.75, 3.05) is 19.6 Å². The summed E-state index contributed by atoms with van der Waals surface area (Å²) < 4.78 is 1.95. The number of piperazine rings is 1. The third-order valence-corrected chi connectivity index (χ3v) is 6.22. The Kier molecular flexibility index (Phi) is 5.29. The number of aromatic amines is 1. The molecule has 0 aliphatic carbocycles. The summed E-state index contributed by atoms with van der Waals surface area (Å²) in [5, 5.41) is 12.8. The summed E-state index contributed by atoms with van der Waals surface area (Å²) >= 11 is 0. The highest BCUT2D eigenvalue weighted by molar-refractivity contribution is 5.85. The van der Waals surface area contributed by atoms with Crippen molar-refractivity contribution in [1.82, 2.24) is 34.9 Å². The first kappa shape index (κ1) is 19.0. The molecule has 1 aliphatic rings. The van der Waals surface area contributed by atoms with Crippen LogP contribution in [-0.2, 0) is 6.54 Å². The number of hydrogen-bond acceptors (Lipinski definition) is 5. The molecule has 0 amide bonds. The molecule has 7 nitrogen and oxygen atoms in total. The van der Waals surface area contributed by atoms with Crippen molar-refractivity contribution in [1.29, 1.82) is 0 Å². The Bertz CT molecular complexity index is 1090. The number of rotatable bonds is 6. The molecule has 1 aromatic carbocycles. The Morgan fingerprint density at radius 2 is 2.10 bits per heavy atom. The van der Waals surface area contributed by atoms with Gasteiger partial charge in [0.15, 0.2) is 0 Å². The minimum Gasteiger partial charge on any atom is -0.361 e. The Balaban J connectivity index is 1.49. The molecule has 7 heteroatoms. The van der Waals surface area contributed by atoms with Crippen LogP contribution in [0.1, 0.15) is 30.4 Å². The van der Waals surface area contributed by atoms with E-state index in [1.54, 1.807) is 12.7 Å². The summed E-state index contributed by atoms with van der Waals surface area (Å²) in [6.07, 6.45) is 10.6. The molecule has 3 aromatic heterocycles. The van der Waals surface area contributed by atoms with Crippen molar-refractivity contribution in [2.24, 2.45) is 0 Å². The molecular weight excluding hydrogens is 374 g/mol. The van der Waals surface area contributed by atoms with Gasteiger partial charge in [-0.05, 0) is 41.8 Å². The molecular formula is C23H27N7. The standard InChI is InChI=1S/C23H27N7/c1-2-19(23-13-25-8-9-29(23)14-17-4-3-7-24-11-17)21-12-26-22-6-5-18(10-20(21)22)30-15-27-28-16-30/h3-7,10-12,15-16,19,23,25-26H,2,8-9,13-14H2,1H3. The summed E-state index contributed by atoms with van der Waals surface area (Å²) in [5.74, 6) is 0.430. The molecule has 4 heterocycles. The van der Waals surface area contributed by atoms with Gasteiger partial charge in [0.25, 0.3) is 0 Å². The van der Waals surface area contributed by atoms with Gasteiger partial charge < -0.3 is 10.3 Å². The third-order valence-electron chi connectivity index (χ3n) is 6.22. The first-order valence-corrected chi connectivity index (χ1v) is 10.6. The fraction of sp³-hybridized carbons (Fsp3) is 0.348. The van der Waals surface area contributed by atoms with Gasteiger partial charge in [0.2, 0.25) is 0 Å². The Morgan fingerprint density at radius 3 is 2.90 bits per heavy atom. The van der Waals surface area contributed by atoms with Gasteiger partial charge >= 0.3 is 0 Å². The van der Waals surface area contributed by atoms with E-state index in [9.17, 15) is 0 Å². The lowest BCUT2D eigenvalue weighted by molar-refractivity contribution is 0.128. The van der Waals surface area contributed by atoms with Crippen molar-refractivity contribution in [3.8, 4) is 5.69 Å². The average Bonchev–Trinajstić information content (AvgIpc) is 3.46. The number of fused-ring (bicyclic) bond motifs is 1. The number of pyridine rings is 1. The molecule has 1 fully saturated rings. The second kappa shape index (κ2) is 8.38. The van der Waals surface area contributed by atoms with Gasteiger partial charge in [0.05, 0.1) is 0 Å². The van der Waals surface area contributed by atoms with Crippen LogP contribution in [0, 0.1) is 0 Å². The summed E-state index contributed by atoms with van der Waals surface area (Å²) in [6, 6.07) is 11.1. The van der Waals surface area contributed by atoms with Gasteiger partial charge in [-0.15, -0.1) is 10.2 Å². The van der Waals surface area contributed by atoms with E-state index in [4.69, 9.17) is 0 Å². The minimum absolute atomic E-state index is 0.430. The predicted octanol–water partition coefficient (Wildman–Crippen LogP) is 3.11. The topological polar surface area (TPSA) is 74.7 Å². The zero-order valence-corrected chi connectivity index (χ0v) is 17.2. The molecule has 0 radical (unpaired) electrons. The molecule has 30 heavy (non-hydrogen) atoms. The molecule has 0 saturated carbocycles.